The number of carbonyl (C=O) groups is 1. The highest BCUT2D eigenvalue weighted by Crippen LogP contribution is 2.26. The van der Waals surface area contributed by atoms with E-state index in [-0.39, 0.29) is 11.3 Å². The fourth-order valence-corrected chi connectivity index (χ4v) is 2.21. The Labute approximate surface area is 134 Å². The van der Waals surface area contributed by atoms with E-state index >= 15 is 0 Å². The summed E-state index contributed by atoms with van der Waals surface area (Å²) in [6.07, 6.45) is 1.34. The molecule has 6 heteroatoms. The van der Waals surface area contributed by atoms with Crippen molar-refractivity contribution in [1.29, 1.82) is 5.26 Å². The van der Waals surface area contributed by atoms with Gasteiger partial charge in [0.05, 0.1) is 9.40 Å². The number of halogens is 1. The van der Waals surface area contributed by atoms with Gasteiger partial charge in [0.15, 0.2) is 0 Å². The van der Waals surface area contributed by atoms with Gasteiger partial charge in [-0.3, -0.25) is 14.9 Å². The highest BCUT2D eigenvalue weighted by atomic mass is 79.9. The average molecular weight is 357 g/mol. The van der Waals surface area contributed by atoms with Crippen LogP contribution in [-0.2, 0) is 0 Å². The second kappa shape index (κ2) is 6.78. The molecule has 2 aromatic rings. The summed E-state index contributed by atoms with van der Waals surface area (Å²) in [4.78, 5) is 22.6. The van der Waals surface area contributed by atoms with Crippen LogP contribution in [0, 0.1) is 21.4 Å². The number of hydrogen-bond acceptors (Lipinski definition) is 4. The first-order chi connectivity index (χ1) is 10.5. The van der Waals surface area contributed by atoms with Gasteiger partial charge in [0.2, 0.25) is 5.78 Å². The largest absolute Gasteiger partial charge is 0.288 e. The second-order valence-corrected chi connectivity index (χ2v) is 5.19. The number of ketones is 1. The van der Waals surface area contributed by atoms with Crippen LogP contribution in [0.4, 0.5) is 5.69 Å². The number of hydrogen-bond donors (Lipinski definition) is 0. The minimum atomic E-state index is -0.535. The molecular formula is C16H9BrN2O3. The van der Waals surface area contributed by atoms with Crippen LogP contribution >= 0.6 is 15.9 Å². The zero-order valence-corrected chi connectivity index (χ0v) is 12.8. The maximum atomic E-state index is 12.2. The molecule has 0 spiro atoms. The van der Waals surface area contributed by atoms with Gasteiger partial charge in [-0.2, -0.15) is 5.26 Å². The lowest BCUT2D eigenvalue weighted by Gasteiger charge is -2.01. The molecule has 0 atom stereocenters. The highest BCUT2D eigenvalue weighted by Gasteiger charge is 2.14. The van der Waals surface area contributed by atoms with Gasteiger partial charge in [-0.15, -0.1) is 0 Å². The lowest BCUT2D eigenvalue weighted by Crippen LogP contribution is -2.01. The van der Waals surface area contributed by atoms with E-state index in [1.807, 2.05) is 6.07 Å². The quantitative estimate of drug-likeness (QED) is 0.271. The molecule has 2 aromatic carbocycles. The molecule has 0 saturated heterocycles. The Morgan fingerprint density at radius 2 is 1.91 bits per heavy atom. The number of nitrogens with zero attached hydrogens (tertiary/aromatic N) is 2. The van der Waals surface area contributed by atoms with Crippen LogP contribution in [-0.4, -0.2) is 10.7 Å². The van der Waals surface area contributed by atoms with Crippen LogP contribution in [0.3, 0.4) is 0 Å². The van der Waals surface area contributed by atoms with Crippen molar-refractivity contribution in [2.75, 3.05) is 0 Å². The summed E-state index contributed by atoms with van der Waals surface area (Å²) in [5.41, 5.74) is 0.596. The minimum absolute atomic E-state index is 0.0807. The number of nitro benzene ring substituents is 1. The minimum Gasteiger partial charge on any atom is -0.288 e. The van der Waals surface area contributed by atoms with Gasteiger partial charge in [0, 0.05) is 11.6 Å². The molecule has 0 aliphatic rings. The number of carbonyl (C=O) groups excluding carboxylic acids is 1. The van der Waals surface area contributed by atoms with E-state index in [2.05, 4.69) is 15.9 Å². The van der Waals surface area contributed by atoms with Gasteiger partial charge in [-0.25, -0.2) is 0 Å². The lowest BCUT2D eigenvalue weighted by molar-refractivity contribution is -0.385. The normalized spacial score (nSPS) is 10.8. The molecule has 0 saturated carbocycles. The lowest BCUT2D eigenvalue weighted by atomic mass is 10.0. The molecular weight excluding hydrogens is 348 g/mol. The molecule has 0 heterocycles. The summed E-state index contributed by atoms with van der Waals surface area (Å²) >= 11 is 3.09. The molecule has 0 N–H and O–H groups in total. The third kappa shape index (κ3) is 3.45. The van der Waals surface area contributed by atoms with Crippen molar-refractivity contribution < 1.29 is 9.72 Å². The first-order valence-corrected chi connectivity index (χ1v) is 6.97. The Kier molecular flexibility index (Phi) is 4.81. The standard InChI is InChI=1S/C16H9BrN2O3/c17-14-7-6-11(9-15(14)19(21)22)8-13(10-18)16(20)12-4-2-1-3-5-12/h1-9H/b13-8+. The van der Waals surface area contributed by atoms with Crippen molar-refractivity contribution in [3.05, 3.63) is 79.8 Å². The maximum absolute atomic E-state index is 12.2. The Hall–Kier alpha value is -2.78. The molecule has 0 aliphatic carbocycles. The van der Waals surface area contributed by atoms with E-state index in [4.69, 9.17) is 5.26 Å². The molecule has 0 aromatic heterocycles. The third-order valence-electron chi connectivity index (χ3n) is 2.88. The van der Waals surface area contributed by atoms with Crippen molar-refractivity contribution in [3.8, 4) is 6.07 Å². The molecule has 5 nitrogen and oxygen atoms in total. The van der Waals surface area contributed by atoms with Crippen molar-refractivity contribution in [2.24, 2.45) is 0 Å². The van der Waals surface area contributed by atoms with Crippen LogP contribution in [0.25, 0.3) is 6.08 Å². The smallest absolute Gasteiger partial charge is 0.284 e. The first kappa shape index (κ1) is 15.6. The highest BCUT2D eigenvalue weighted by molar-refractivity contribution is 9.10. The Morgan fingerprint density at radius 3 is 2.50 bits per heavy atom. The number of allylic oxidation sites excluding steroid dienone is 1. The zero-order valence-electron chi connectivity index (χ0n) is 11.2. The molecule has 2 rings (SSSR count). The Balaban J connectivity index is 2.42. The Morgan fingerprint density at radius 1 is 1.23 bits per heavy atom. The SMILES string of the molecule is N#C/C(=C\c1ccc(Br)c([N+](=O)[O-])c1)C(=O)c1ccccc1. The summed E-state index contributed by atoms with van der Waals surface area (Å²) in [5, 5.41) is 20.1. The van der Waals surface area contributed by atoms with Gasteiger partial charge in [0.1, 0.15) is 11.6 Å². The molecule has 0 radical (unpaired) electrons. The molecule has 0 aliphatic heterocycles. The van der Waals surface area contributed by atoms with E-state index < -0.39 is 10.7 Å². The summed E-state index contributed by atoms with van der Waals surface area (Å²) in [6.45, 7) is 0. The van der Waals surface area contributed by atoms with Crippen LogP contribution < -0.4 is 0 Å². The predicted octanol–water partition coefficient (Wildman–Crippen LogP) is 4.15. The molecule has 0 unspecified atom stereocenters. The third-order valence-corrected chi connectivity index (χ3v) is 3.55. The van der Waals surface area contributed by atoms with Crippen LogP contribution in [0.2, 0.25) is 0 Å². The molecule has 0 amide bonds. The maximum Gasteiger partial charge on any atom is 0.284 e. The van der Waals surface area contributed by atoms with E-state index in [1.165, 1.54) is 18.2 Å². The molecule has 108 valence electrons. The van der Waals surface area contributed by atoms with E-state index in [1.54, 1.807) is 36.4 Å². The van der Waals surface area contributed by atoms with Crippen molar-refractivity contribution in [2.45, 2.75) is 0 Å². The molecule has 0 fully saturated rings. The molecule has 0 bridgehead atoms. The van der Waals surface area contributed by atoms with Gasteiger partial charge in [-0.1, -0.05) is 36.4 Å². The van der Waals surface area contributed by atoms with Crippen molar-refractivity contribution in [3.63, 3.8) is 0 Å². The van der Waals surface area contributed by atoms with Gasteiger partial charge in [-0.05, 0) is 33.6 Å². The van der Waals surface area contributed by atoms with Gasteiger partial charge in [0.25, 0.3) is 5.69 Å². The van der Waals surface area contributed by atoms with E-state index in [0.29, 0.717) is 15.6 Å². The summed E-state index contributed by atoms with van der Waals surface area (Å²) < 4.78 is 0.336. The topological polar surface area (TPSA) is 84.0 Å². The summed E-state index contributed by atoms with van der Waals surface area (Å²) in [5.74, 6) is -0.423. The Bertz CT molecular complexity index is 808. The number of nitro groups is 1. The average Bonchev–Trinajstić information content (AvgIpc) is 2.54. The summed E-state index contributed by atoms with van der Waals surface area (Å²) in [7, 11) is 0. The van der Waals surface area contributed by atoms with Gasteiger partial charge < -0.3 is 0 Å². The number of Topliss-reactive ketones (excluding diaryl/α,β-unsaturated/α-hetero) is 1. The fraction of sp³-hybridized carbons (Fsp3) is 0. The van der Waals surface area contributed by atoms with Crippen LogP contribution in [0.1, 0.15) is 15.9 Å². The number of benzene rings is 2. The second-order valence-electron chi connectivity index (χ2n) is 4.33. The first-order valence-electron chi connectivity index (χ1n) is 6.18. The fourth-order valence-electron chi connectivity index (χ4n) is 1.82. The zero-order chi connectivity index (χ0) is 16.1. The van der Waals surface area contributed by atoms with E-state index in [9.17, 15) is 14.9 Å². The van der Waals surface area contributed by atoms with Crippen LogP contribution in [0.15, 0.2) is 58.6 Å². The van der Waals surface area contributed by atoms with Crippen molar-refractivity contribution in [1.82, 2.24) is 0 Å². The monoisotopic (exact) mass is 356 g/mol. The van der Waals surface area contributed by atoms with Crippen molar-refractivity contribution >= 4 is 33.5 Å². The predicted molar refractivity (Wildman–Crippen MR) is 85.2 cm³/mol. The number of nitriles is 1. The van der Waals surface area contributed by atoms with Gasteiger partial charge >= 0.3 is 0 Å². The number of rotatable bonds is 4. The molecule has 22 heavy (non-hydrogen) atoms. The summed E-state index contributed by atoms with van der Waals surface area (Å²) in [6, 6.07) is 14.6. The van der Waals surface area contributed by atoms with E-state index in [0.717, 1.165) is 0 Å². The van der Waals surface area contributed by atoms with Crippen LogP contribution in [0.5, 0.6) is 0 Å².